The van der Waals surface area contributed by atoms with Crippen LogP contribution in [-0.4, -0.2) is 21.3 Å². The van der Waals surface area contributed by atoms with Gasteiger partial charge in [0.05, 0.1) is 0 Å². The summed E-state index contributed by atoms with van der Waals surface area (Å²) in [6.45, 7) is 1.77. The number of rotatable bonds is 3. The predicted molar refractivity (Wildman–Crippen MR) is 63.4 cm³/mol. The zero-order valence-corrected chi connectivity index (χ0v) is 9.51. The average Bonchev–Trinajstić information content (AvgIpc) is 2.28. The molecule has 0 radical (unpaired) electrons. The van der Waals surface area contributed by atoms with E-state index in [1.54, 1.807) is 13.0 Å². The van der Waals surface area contributed by atoms with Crippen molar-refractivity contribution in [2.45, 2.75) is 6.92 Å². The first-order valence-corrected chi connectivity index (χ1v) is 5.16. The largest absolute Gasteiger partial charge is 0.476 e. The number of aromatic nitrogens is 2. The van der Waals surface area contributed by atoms with E-state index in [0.717, 1.165) is 5.56 Å². The van der Waals surface area contributed by atoms with Gasteiger partial charge in [-0.3, -0.25) is 0 Å². The summed E-state index contributed by atoms with van der Waals surface area (Å²) in [6, 6.07) is 7.26. The lowest BCUT2D eigenvalue weighted by atomic mass is 10.2. The van der Waals surface area contributed by atoms with Crippen molar-refractivity contribution in [1.29, 1.82) is 0 Å². The number of nitrogens with zero attached hydrogens (tertiary/aromatic N) is 2. The molecular formula is C12H10FN3O2. The quantitative estimate of drug-likeness (QED) is 0.870. The maximum absolute atomic E-state index is 13.1. The highest BCUT2D eigenvalue weighted by atomic mass is 19.1. The van der Waals surface area contributed by atoms with Crippen molar-refractivity contribution < 1.29 is 14.3 Å². The zero-order valence-electron chi connectivity index (χ0n) is 9.51. The molecule has 1 aromatic heterocycles. The van der Waals surface area contributed by atoms with Crippen molar-refractivity contribution in [3.63, 3.8) is 0 Å². The Morgan fingerprint density at radius 1 is 1.28 bits per heavy atom. The molecule has 0 amide bonds. The van der Waals surface area contributed by atoms with E-state index in [2.05, 4.69) is 15.5 Å². The number of hydrogen-bond donors (Lipinski definition) is 2. The lowest BCUT2D eigenvalue weighted by Gasteiger charge is -2.06. The standard InChI is InChI=1S/C12H10FN3O2/c1-7-4-8(13)6-9(5-7)14-11-3-2-10(12(17)18)15-16-11/h2-6H,1H3,(H,14,16)(H,17,18). The first-order chi connectivity index (χ1) is 8.54. The van der Waals surface area contributed by atoms with E-state index in [-0.39, 0.29) is 11.5 Å². The van der Waals surface area contributed by atoms with Crippen molar-refractivity contribution in [3.8, 4) is 0 Å². The monoisotopic (exact) mass is 247 g/mol. The van der Waals surface area contributed by atoms with Crippen LogP contribution in [0.2, 0.25) is 0 Å². The Morgan fingerprint density at radius 3 is 2.61 bits per heavy atom. The van der Waals surface area contributed by atoms with Gasteiger partial charge in [-0.05, 0) is 42.8 Å². The number of carbonyl (C=O) groups is 1. The van der Waals surface area contributed by atoms with Crippen molar-refractivity contribution >= 4 is 17.5 Å². The van der Waals surface area contributed by atoms with Gasteiger partial charge in [0, 0.05) is 5.69 Å². The minimum absolute atomic E-state index is 0.143. The minimum atomic E-state index is -1.14. The number of carboxylic acids is 1. The highest BCUT2D eigenvalue weighted by molar-refractivity contribution is 5.85. The van der Waals surface area contributed by atoms with Crippen molar-refractivity contribution in [2.24, 2.45) is 0 Å². The van der Waals surface area contributed by atoms with E-state index in [1.807, 2.05) is 0 Å². The van der Waals surface area contributed by atoms with Gasteiger partial charge in [0.1, 0.15) is 5.82 Å². The first kappa shape index (κ1) is 12.0. The van der Waals surface area contributed by atoms with Crippen molar-refractivity contribution in [3.05, 3.63) is 47.4 Å². The lowest BCUT2D eigenvalue weighted by Crippen LogP contribution is -2.03. The van der Waals surface area contributed by atoms with E-state index < -0.39 is 5.97 Å². The molecule has 2 rings (SSSR count). The molecule has 0 aliphatic rings. The molecule has 0 bridgehead atoms. The van der Waals surface area contributed by atoms with Gasteiger partial charge in [-0.25, -0.2) is 9.18 Å². The summed E-state index contributed by atoms with van der Waals surface area (Å²) in [5.41, 5.74) is 1.16. The fraction of sp³-hybridized carbons (Fsp3) is 0.0833. The van der Waals surface area contributed by atoms with Crippen LogP contribution < -0.4 is 5.32 Å². The highest BCUT2D eigenvalue weighted by Gasteiger charge is 2.05. The summed E-state index contributed by atoms with van der Waals surface area (Å²) in [5.74, 6) is -1.15. The first-order valence-electron chi connectivity index (χ1n) is 5.16. The van der Waals surface area contributed by atoms with E-state index in [4.69, 9.17) is 5.11 Å². The predicted octanol–water partition coefficient (Wildman–Crippen LogP) is 2.37. The SMILES string of the molecule is Cc1cc(F)cc(Nc2ccc(C(=O)O)nn2)c1. The van der Waals surface area contributed by atoms with Crippen LogP contribution >= 0.6 is 0 Å². The van der Waals surface area contributed by atoms with Gasteiger partial charge in [-0.2, -0.15) is 0 Å². The summed E-state index contributed by atoms with van der Waals surface area (Å²) in [6.07, 6.45) is 0. The van der Waals surface area contributed by atoms with Gasteiger partial charge in [0.25, 0.3) is 0 Å². The molecule has 0 atom stereocenters. The molecule has 6 heteroatoms. The molecule has 0 saturated carbocycles. The maximum Gasteiger partial charge on any atom is 0.356 e. The Morgan fingerprint density at radius 2 is 2.06 bits per heavy atom. The highest BCUT2D eigenvalue weighted by Crippen LogP contribution is 2.17. The Labute approximate surface area is 102 Å². The summed E-state index contributed by atoms with van der Waals surface area (Å²) in [4.78, 5) is 10.6. The molecule has 2 aromatic rings. The van der Waals surface area contributed by atoms with Crippen molar-refractivity contribution in [2.75, 3.05) is 5.32 Å². The van der Waals surface area contributed by atoms with Gasteiger partial charge in [-0.1, -0.05) is 0 Å². The number of hydrogen-bond acceptors (Lipinski definition) is 4. The molecule has 0 unspecified atom stereocenters. The number of anilines is 2. The summed E-state index contributed by atoms with van der Waals surface area (Å²) in [7, 11) is 0. The molecule has 0 fully saturated rings. The molecular weight excluding hydrogens is 237 g/mol. The van der Waals surface area contributed by atoms with E-state index in [1.165, 1.54) is 24.3 Å². The third-order valence-corrected chi connectivity index (χ3v) is 2.20. The van der Waals surface area contributed by atoms with Gasteiger partial charge in [0.15, 0.2) is 11.5 Å². The van der Waals surface area contributed by atoms with E-state index >= 15 is 0 Å². The molecule has 18 heavy (non-hydrogen) atoms. The molecule has 0 aliphatic carbocycles. The third kappa shape index (κ3) is 2.79. The molecule has 92 valence electrons. The van der Waals surface area contributed by atoms with Crippen LogP contribution in [0.15, 0.2) is 30.3 Å². The summed E-state index contributed by atoms with van der Waals surface area (Å²) >= 11 is 0. The lowest BCUT2D eigenvalue weighted by molar-refractivity contribution is 0.0689. The molecule has 0 saturated heterocycles. The molecule has 2 N–H and O–H groups in total. The summed E-state index contributed by atoms with van der Waals surface area (Å²) < 4.78 is 13.1. The molecule has 0 aliphatic heterocycles. The third-order valence-electron chi connectivity index (χ3n) is 2.20. The number of nitrogens with one attached hydrogen (secondary N) is 1. The average molecular weight is 247 g/mol. The second-order valence-corrected chi connectivity index (χ2v) is 3.75. The normalized spacial score (nSPS) is 10.1. The van der Waals surface area contributed by atoms with E-state index in [0.29, 0.717) is 11.5 Å². The van der Waals surface area contributed by atoms with Crippen LogP contribution in [0.5, 0.6) is 0 Å². The second-order valence-electron chi connectivity index (χ2n) is 3.75. The van der Waals surface area contributed by atoms with E-state index in [9.17, 15) is 9.18 Å². The summed E-state index contributed by atoms with van der Waals surface area (Å²) in [5, 5.41) is 18.7. The second kappa shape index (κ2) is 4.79. The Kier molecular flexibility index (Phi) is 3.18. The van der Waals surface area contributed by atoms with Gasteiger partial charge in [0.2, 0.25) is 0 Å². The minimum Gasteiger partial charge on any atom is -0.476 e. The maximum atomic E-state index is 13.1. The number of aromatic carboxylic acids is 1. The van der Waals surface area contributed by atoms with Crippen LogP contribution in [0.3, 0.4) is 0 Å². The van der Waals surface area contributed by atoms with Gasteiger partial charge < -0.3 is 10.4 Å². The van der Waals surface area contributed by atoms with Crippen LogP contribution in [0.1, 0.15) is 16.1 Å². The van der Waals surface area contributed by atoms with Crippen molar-refractivity contribution in [1.82, 2.24) is 10.2 Å². The van der Waals surface area contributed by atoms with Crippen LogP contribution in [0.4, 0.5) is 15.9 Å². The Hall–Kier alpha value is -2.50. The Balaban J connectivity index is 2.20. The fourth-order valence-electron chi connectivity index (χ4n) is 1.47. The number of aryl methyl sites for hydroxylation is 1. The van der Waals surface area contributed by atoms with Crippen LogP contribution in [0.25, 0.3) is 0 Å². The number of benzene rings is 1. The van der Waals surface area contributed by atoms with Gasteiger partial charge in [-0.15, -0.1) is 10.2 Å². The molecule has 1 aromatic carbocycles. The fourth-order valence-corrected chi connectivity index (χ4v) is 1.47. The molecule has 0 spiro atoms. The molecule has 5 nitrogen and oxygen atoms in total. The number of halogens is 1. The van der Waals surface area contributed by atoms with Crippen LogP contribution in [-0.2, 0) is 0 Å². The topological polar surface area (TPSA) is 75.1 Å². The molecule has 1 heterocycles. The zero-order chi connectivity index (χ0) is 13.1. The van der Waals surface area contributed by atoms with Crippen LogP contribution in [0, 0.1) is 12.7 Å². The number of carboxylic acid groups (broad SMARTS) is 1. The van der Waals surface area contributed by atoms with Gasteiger partial charge >= 0.3 is 5.97 Å². The smallest absolute Gasteiger partial charge is 0.356 e. The Bertz CT molecular complexity index is 564.